The van der Waals surface area contributed by atoms with Gasteiger partial charge in [-0.3, -0.25) is 4.79 Å². The van der Waals surface area contributed by atoms with E-state index in [2.05, 4.69) is 15.3 Å². The van der Waals surface area contributed by atoms with Crippen LogP contribution in [0.2, 0.25) is 0 Å². The first kappa shape index (κ1) is 18.0. The van der Waals surface area contributed by atoms with Crippen molar-refractivity contribution in [3.05, 3.63) is 41.7 Å². The molecule has 0 fully saturated rings. The summed E-state index contributed by atoms with van der Waals surface area (Å²) in [6, 6.07) is 5.76. The second kappa shape index (κ2) is 8.51. The molecule has 0 saturated carbocycles. The lowest BCUT2D eigenvalue weighted by Gasteiger charge is -2.29. The highest BCUT2D eigenvalue weighted by molar-refractivity contribution is 5.76. The number of rotatable bonds is 7. The molecule has 1 amide bonds. The molecule has 0 radical (unpaired) electrons. The quantitative estimate of drug-likeness (QED) is 0.767. The van der Waals surface area contributed by atoms with Crippen molar-refractivity contribution in [2.75, 3.05) is 32.6 Å². The molecule has 0 unspecified atom stereocenters. The largest absolute Gasteiger partial charge is 0.493 e. The number of anilines is 1. The average Bonchev–Trinajstić information content (AvgIpc) is 2.70. The summed E-state index contributed by atoms with van der Waals surface area (Å²) in [7, 11) is 3.26. The van der Waals surface area contributed by atoms with Gasteiger partial charge in [-0.25, -0.2) is 9.97 Å². The zero-order chi connectivity index (χ0) is 18.4. The molecule has 1 aromatic carbocycles. The van der Waals surface area contributed by atoms with Crippen molar-refractivity contribution in [2.24, 2.45) is 0 Å². The van der Waals surface area contributed by atoms with Crippen LogP contribution in [0.25, 0.3) is 0 Å². The molecule has 0 atom stereocenters. The lowest BCUT2D eigenvalue weighted by atomic mass is 9.98. The number of carbonyl (C=O) groups excluding carboxylic acids is 1. The standard InChI is InChI=1S/C19H24N4O3/c1-25-16-11-14-6-10-23(13-15(14)12-17(16)26-2)18(24)5-3-7-20-19-21-8-4-9-22-19/h4,8-9,11-12H,3,5-7,10,13H2,1-2H3,(H,20,21,22). The average molecular weight is 356 g/mol. The molecule has 26 heavy (non-hydrogen) atoms. The highest BCUT2D eigenvalue weighted by Crippen LogP contribution is 2.33. The maximum absolute atomic E-state index is 12.5. The van der Waals surface area contributed by atoms with E-state index in [0.717, 1.165) is 30.7 Å². The Morgan fingerprint density at radius 2 is 1.85 bits per heavy atom. The smallest absolute Gasteiger partial charge is 0.222 e. The number of fused-ring (bicyclic) bond motifs is 1. The zero-order valence-corrected chi connectivity index (χ0v) is 15.2. The summed E-state index contributed by atoms with van der Waals surface area (Å²) in [6.45, 7) is 2.02. The van der Waals surface area contributed by atoms with Gasteiger partial charge in [0.1, 0.15) is 0 Å². The minimum Gasteiger partial charge on any atom is -0.493 e. The van der Waals surface area contributed by atoms with Crippen molar-refractivity contribution >= 4 is 11.9 Å². The fourth-order valence-electron chi connectivity index (χ4n) is 3.08. The van der Waals surface area contributed by atoms with E-state index in [-0.39, 0.29) is 5.91 Å². The van der Waals surface area contributed by atoms with Crippen LogP contribution in [0.5, 0.6) is 11.5 Å². The van der Waals surface area contributed by atoms with Crippen molar-refractivity contribution < 1.29 is 14.3 Å². The third-order valence-corrected chi connectivity index (χ3v) is 4.49. The summed E-state index contributed by atoms with van der Waals surface area (Å²) in [6.07, 6.45) is 5.45. The Bertz CT molecular complexity index is 752. The van der Waals surface area contributed by atoms with Crippen LogP contribution in [0.15, 0.2) is 30.6 Å². The SMILES string of the molecule is COc1cc2c(cc1OC)CN(C(=O)CCCNc1ncccn1)CC2. The van der Waals surface area contributed by atoms with Gasteiger partial charge in [0.15, 0.2) is 11.5 Å². The van der Waals surface area contributed by atoms with Gasteiger partial charge in [-0.05, 0) is 42.2 Å². The first-order valence-corrected chi connectivity index (χ1v) is 8.73. The van der Waals surface area contributed by atoms with Gasteiger partial charge in [0, 0.05) is 38.4 Å². The number of ether oxygens (including phenoxy) is 2. The Morgan fingerprint density at radius 3 is 2.54 bits per heavy atom. The number of hydrogen-bond acceptors (Lipinski definition) is 6. The molecule has 0 spiro atoms. The topological polar surface area (TPSA) is 76.6 Å². The number of aromatic nitrogens is 2. The molecule has 138 valence electrons. The minimum atomic E-state index is 0.168. The van der Waals surface area contributed by atoms with Gasteiger partial charge < -0.3 is 19.7 Å². The van der Waals surface area contributed by atoms with Crippen LogP contribution in [-0.2, 0) is 17.8 Å². The van der Waals surface area contributed by atoms with E-state index in [1.807, 2.05) is 17.0 Å². The van der Waals surface area contributed by atoms with Gasteiger partial charge in [-0.1, -0.05) is 0 Å². The molecule has 1 aliphatic heterocycles. The molecular weight excluding hydrogens is 332 g/mol. The second-order valence-electron chi connectivity index (χ2n) is 6.14. The van der Waals surface area contributed by atoms with Gasteiger partial charge in [0.05, 0.1) is 14.2 Å². The van der Waals surface area contributed by atoms with Crippen LogP contribution < -0.4 is 14.8 Å². The Morgan fingerprint density at radius 1 is 1.15 bits per heavy atom. The van der Waals surface area contributed by atoms with Crippen LogP contribution in [0.3, 0.4) is 0 Å². The first-order valence-electron chi connectivity index (χ1n) is 8.73. The summed E-state index contributed by atoms with van der Waals surface area (Å²) >= 11 is 0. The van der Waals surface area contributed by atoms with Gasteiger partial charge in [0.25, 0.3) is 0 Å². The number of benzene rings is 1. The molecule has 1 aliphatic rings. The van der Waals surface area contributed by atoms with E-state index in [0.29, 0.717) is 31.2 Å². The number of hydrogen-bond donors (Lipinski definition) is 1. The van der Waals surface area contributed by atoms with E-state index < -0.39 is 0 Å². The summed E-state index contributed by atoms with van der Waals surface area (Å²) < 4.78 is 10.7. The highest BCUT2D eigenvalue weighted by atomic mass is 16.5. The number of amides is 1. The van der Waals surface area contributed by atoms with Crippen LogP contribution in [0.4, 0.5) is 5.95 Å². The fraction of sp³-hybridized carbons (Fsp3) is 0.421. The Kier molecular flexibility index (Phi) is 5.88. The summed E-state index contributed by atoms with van der Waals surface area (Å²) in [5.41, 5.74) is 2.34. The monoisotopic (exact) mass is 356 g/mol. The third-order valence-electron chi connectivity index (χ3n) is 4.49. The second-order valence-corrected chi connectivity index (χ2v) is 6.14. The molecule has 0 saturated heterocycles. The molecule has 0 aliphatic carbocycles. The minimum absolute atomic E-state index is 0.168. The van der Waals surface area contributed by atoms with Crippen LogP contribution in [-0.4, -0.2) is 48.1 Å². The Labute approximate surface area is 153 Å². The summed E-state index contributed by atoms with van der Waals surface area (Å²) in [5.74, 6) is 2.20. The van der Waals surface area contributed by atoms with Crippen LogP contribution in [0, 0.1) is 0 Å². The van der Waals surface area contributed by atoms with E-state index in [9.17, 15) is 4.79 Å². The predicted octanol–water partition coefficient (Wildman–Crippen LogP) is 2.27. The van der Waals surface area contributed by atoms with Crippen molar-refractivity contribution in [2.45, 2.75) is 25.8 Å². The molecule has 2 heterocycles. The maximum Gasteiger partial charge on any atom is 0.222 e. The number of carbonyl (C=O) groups is 1. The maximum atomic E-state index is 12.5. The molecule has 1 aromatic heterocycles. The van der Waals surface area contributed by atoms with Gasteiger partial charge in [-0.2, -0.15) is 0 Å². The van der Waals surface area contributed by atoms with Crippen molar-refractivity contribution in [1.82, 2.24) is 14.9 Å². The number of methoxy groups -OCH3 is 2. The third kappa shape index (κ3) is 4.22. The van der Waals surface area contributed by atoms with E-state index in [1.165, 1.54) is 5.56 Å². The van der Waals surface area contributed by atoms with E-state index in [1.54, 1.807) is 32.7 Å². The van der Waals surface area contributed by atoms with Gasteiger partial charge in [0.2, 0.25) is 11.9 Å². The lowest BCUT2D eigenvalue weighted by molar-refractivity contribution is -0.132. The van der Waals surface area contributed by atoms with Crippen molar-refractivity contribution in [1.29, 1.82) is 0 Å². The van der Waals surface area contributed by atoms with E-state index in [4.69, 9.17) is 9.47 Å². The fourth-order valence-corrected chi connectivity index (χ4v) is 3.08. The van der Waals surface area contributed by atoms with Crippen LogP contribution in [0.1, 0.15) is 24.0 Å². The molecule has 7 heteroatoms. The van der Waals surface area contributed by atoms with Crippen LogP contribution >= 0.6 is 0 Å². The predicted molar refractivity (Wildman–Crippen MR) is 98.4 cm³/mol. The molecular formula is C19H24N4O3. The van der Waals surface area contributed by atoms with Gasteiger partial charge in [-0.15, -0.1) is 0 Å². The number of nitrogens with zero attached hydrogens (tertiary/aromatic N) is 3. The zero-order valence-electron chi connectivity index (χ0n) is 15.2. The lowest BCUT2D eigenvalue weighted by Crippen LogP contribution is -2.36. The first-order chi connectivity index (χ1) is 12.7. The summed E-state index contributed by atoms with van der Waals surface area (Å²) in [5, 5.41) is 3.12. The normalized spacial score (nSPS) is 13.1. The molecule has 0 bridgehead atoms. The molecule has 1 N–H and O–H groups in total. The molecule has 7 nitrogen and oxygen atoms in total. The summed E-state index contributed by atoms with van der Waals surface area (Å²) in [4.78, 5) is 22.6. The van der Waals surface area contributed by atoms with Crippen molar-refractivity contribution in [3.8, 4) is 11.5 Å². The number of nitrogens with one attached hydrogen (secondary N) is 1. The Hall–Kier alpha value is -2.83. The molecule has 3 rings (SSSR count). The molecule has 2 aromatic rings. The Balaban J connectivity index is 1.52. The van der Waals surface area contributed by atoms with Crippen molar-refractivity contribution in [3.63, 3.8) is 0 Å². The van der Waals surface area contributed by atoms with Gasteiger partial charge >= 0.3 is 0 Å². The highest BCUT2D eigenvalue weighted by Gasteiger charge is 2.22. The van der Waals surface area contributed by atoms with E-state index >= 15 is 0 Å².